The lowest BCUT2D eigenvalue weighted by molar-refractivity contribution is -0.119. The number of benzene rings is 1. The highest BCUT2D eigenvalue weighted by atomic mass is 33.1. The second-order valence-corrected chi connectivity index (χ2v) is 5.86. The van der Waals surface area contributed by atoms with Gasteiger partial charge in [-0.25, -0.2) is 0 Å². The lowest BCUT2D eigenvalue weighted by atomic mass is 9.91. The number of amides is 1. The van der Waals surface area contributed by atoms with Gasteiger partial charge in [-0.1, -0.05) is 17.7 Å². The van der Waals surface area contributed by atoms with Gasteiger partial charge in [-0.3, -0.25) is 4.79 Å². The van der Waals surface area contributed by atoms with Gasteiger partial charge in [0, 0.05) is 5.75 Å². The molecule has 106 valence electrons. The van der Waals surface area contributed by atoms with Gasteiger partial charge in [0.05, 0.1) is 0 Å². The van der Waals surface area contributed by atoms with Crippen LogP contribution in [0, 0.1) is 20.8 Å². The fraction of sp³-hybridized carbons (Fsp3) is 0.500. The minimum atomic E-state index is -0.454. The van der Waals surface area contributed by atoms with Gasteiger partial charge in [0.1, 0.15) is 5.75 Å². The summed E-state index contributed by atoms with van der Waals surface area (Å²) < 4.78 is 5.59. The number of carbonyl (C=O) groups is 1. The Morgan fingerprint density at radius 1 is 1.21 bits per heavy atom. The van der Waals surface area contributed by atoms with Crippen LogP contribution >= 0.6 is 22.5 Å². The maximum atomic E-state index is 10.9. The molecular weight excluding hydrogens is 278 g/mol. The Hall–Kier alpha value is -0.810. The molecule has 2 N–H and O–H groups in total. The number of nitrogens with two attached hydrogens (primary N) is 1. The predicted octanol–water partition coefficient (Wildman–Crippen LogP) is 3.12. The van der Waals surface area contributed by atoms with E-state index in [0.29, 0.717) is 0 Å². The van der Waals surface area contributed by atoms with Crippen molar-refractivity contribution in [1.29, 1.82) is 0 Å². The van der Waals surface area contributed by atoms with E-state index in [1.54, 1.807) is 0 Å². The lowest BCUT2D eigenvalue weighted by Crippen LogP contribution is -2.21. The topological polar surface area (TPSA) is 52.3 Å². The molecule has 0 saturated carbocycles. The first-order chi connectivity index (χ1) is 8.93. The third kappa shape index (κ3) is 3.60. The molecule has 0 heterocycles. The van der Waals surface area contributed by atoms with E-state index >= 15 is 0 Å². The van der Waals surface area contributed by atoms with E-state index in [-0.39, 0.29) is 6.61 Å². The number of hydrogen-bond acceptors (Lipinski definition) is 4. The molecule has 0 atom stereocenters. The normalized spacial score (nSPS) is 10.6. The van der Waals surface area contributed by atoms with Crippen molar-refractivity contribution in [2.45, 2.75) is 39.9 Å². The smallest absolute Gasteiger partial charge is 0.255 e. The first-order valence-electron chi connectivity index (χ1n) is 6.22. The number of thiol groups is 1. The largest absolute Gasteiger partial charge is 0.483 e. The maximum absolute atomic E-state index is 10.9. The van der Waals surface area contributed by atoms with Crippen LogP contribution < -0.4 is 10.5 Å². The van der Waals surface area contributed by atoms with Gasteiger partial charge in [0.2, 0.25) is 0 Å². The van der Waals surface area contributed by atoms with Crippen molar-refractivity contribution < 1.29 is 9.53 Å². The van der Waals surface area contributed by atoms with Crippen LogP contribution in [0.25, 0.3) is 0 Å². The monoisotopic (exact) mass is 299 g/mol. The standard InChI is InChI=1S/C14H21NO2S2/c1-5-11-10(4)14(17-6-13(15)16)9(3)8(2)12(11)7-19-18/h18H,5-7H2,1-4H3,(H2,15,16). The number of hydrogen-bond donors (Lipinski definition) is 2. The molecule has 1 amide bonds. The van der Waals surface area contributed by atoms with Crippen LogP contribution in [0.3, 0.4) is 0 Å². The first-order valence-corrected chi connectivity index (χ1v) is 8.26. The van der Waals surface area contributed by atoms with Crippen LogP contribution in [0.4, 0.5) is 0 Å². The molecule has 0 aliphatic carbocycles. The van der Waals surface area contributed by atoms with Gasteiger partial charge in [0.15, 0.2) is 6.61 Å². The molecule has 1 aromatic rings. The lowest BCUT2D eigenvalue weighted by Gasteiger charge is -2.21. The summed E-state index contributed by atoms with van der Waals surface area (Å²) in [5, 5.41) is 0. The molecule has 0 aliphatic heterocycles. The molecule has 5 heteroatoms. The maximum Gasteiger partial charge on any atom is 0.255 e. The molecule has 1 rings (SSSR count). The van der Waals surface area contributed by atoms with Crippen LogP contribution in [-0.4, -0.2) is 12.5 Å². The van der Waals surface area contributed by atoms with Crippen molar-refractivity contribution in [2.75, 3.05) is 6.61 Å². The summed E-state index contributed by atoms with van der Waals surface area (Å²) >= 11 is 4.25. The highest BCUT2D eigenvalue weighted by Crippen LogP contribution is 2.35. The summed E-state index contributed by atoms with van der Waals surface area (Å²) in [4.78, 5) is 10.9. The van der Waals surface area contributed by atoms with E-state index < -0.39 is 5.91 Å². The summed E-state index contributed by atoms with van der Waals surface area (Å²) in [7, 11) is 1.52. The van der Waals surface area contributed by atoms with Crippen LogP contribution in [0.5, 0.6) is 5.75 Å². The Labute approximate surface area is 124 Å². The molecule has 0 fully saturated rings. The van der Waals surface area contributed by atoms with Crippen LogP contribution in [-0.2, 0) is 17.0 Å². The summed E-state index contributed by atoms with van der Waals surface area (Å²) in [6.07, 6.45) is 0.934. The Kier molecular flexibility index (Phi) is 6.07. The quantitative estimate of drug-likeness (QED) is 0.627. The Morgan fingerprint density at radius 2 is 1.84 bits per heavy atom. The van der Waals surface area contributed by atoms with Crippen LogP contribution in [0.15, 0.2) is 0 Å². The summed E-state index contributed by atoms with van der Waals surface area (Å²) in [5.41, 5.74) is 11.1. The number of rotatable bonds is 6. The number of carbonyl (C=O) groups excluding carboxylic acids is 1. The average Bonchev–Trinajstić information content (AvgIpc) is 2.36. The molecule has 0 saturated heterocycles. The summed E-state index contributed by atoms with van der Waals surface area (Å²) in [6.45, 7) is 8.19. The van der Waals surface area contributed by atoms with E-state index in [0.717, 1.165) is 29.1 Å². The van der Waals surface area contributed by atoms with Crippen LogP contribution in [0.2, 0.25) is 0 Å². The Bertz CT molecular complexity index is 487. The van der Waals surface area contributed by atoms with Crippen LogP contribution in [0.1, 0.15) is 34.7 Å². The SMILES string of the molecule is CCc1c(C)c(OCC(N)=O)c(C)c(C)c1CSS. The Morgan fingerprint density at radius 3 is 2.32 bits per heavy atom. The summed E-state index contributed by atoms with van der Waals surface area (Å²) in [6, 6.07) is 0. The fourth-order valence-electron chi connectivity index (χ4n) is 2.37. The Balaban J connectivity index is 3.33. The molecule has 0 unspecified atom stereocenters. The zero-order chi connectivity index (χ0) is 14.6. The van der Waals surface area contributed by atoms with E-state index in [1.807, 2.05) is 13.8 Å². The first kappa shape index (κ1) is 16.2. The van der Waals surface area contributed by atoms with Crippen molar-refractivity contribution >= 4 is 28.4 Å². The van der Waals surface area contributed by atoms with Gasteiger partial charge in [0.25, 0.3) is 5.91 Å². The fourth-order valence-corrected chi connectivity index (χ4v) is 3.27. The molecule has 0 spiro atoms. The van der Waals surface area contributed by atoms with Crippen molar-refractivity contribution in [3.05, 3.63) is 27.8 Å². The second-order valence-electron chi connectivity index (χ2n) is 4.54. The van der Waals surface area contributed by atoms with Gasteiger partial charge < -0.3 is 10.5 Å². The molecule has 0 aromatic heterocycles. The highest BCUT2D eigenvalue weighted by molar-refractivity contribution is 8.68. The van der Waals surface area contributed by atoms with Crippen molar-refractivity contribution in [3.8, 4) is 5.75 Å². The number of ether oxygens (including phenoxy) is 1. The molecule has 0 radical (unpaired) electrons. The molecular formula is C14H21NO2S2. The van der Waals surface area contributed by atoms with Crippen molar-refractivity contribution in [3.63, 3.8) is 0 Å². The van der Waals surface area contributed by atoms with Crippen molar-refractivity contribution in [2.24, 2.45) is 5.73 Å². The van der Waals surface area contributed by atoms with Gasteiger partial charge >= 0.3 is 0 Å². The molecule has 3 nitrogen and oxygen atoms in total. The molecule has 19 heavy (non-hydrogen) atoms. The minimum absolute atomic E-state index is 0.0784. The third-order valence-electron chi connectivity index (χ3n) is 3.43. The van der Waals surface area contributed by atoms with Crippen molar-refractivity contribution in [1.82, 2.24) is 0 Å². The molecule has 0 aliphatic rings. The number of primary amides is 1. The zero-order valence-electron chi connectivity index (χ0n) is 11.9. The van der Waals surface area contributed by atoms with Gasteiger partial charge in [-0.05, 0) is 55.0 Å². The average molecular weight is 299 g/mol. The zero-order valence-corrected chi connectivity index (χ0v) is 13.6. The van der Waals surface area contributed by atoms with E-state index in [4.69, 9.17) is 10.5 Å². The minimum Gasteiger partial charge on any atom is -0.483 e. The summed E-state index contributed by atoms with van der Waals surface area (Å²) in [5.74, 6) is 1.21. The van der Waals surface area contributed by atoms with Gasteiger partial charge in [-0.15, -0.1) is 11.7 Å². The highest BCUT2D eigenvalue weighted by Gasteiger charge is 2.17. The van der Waals surface area contributed by atoms with E-state index in [1.165, 1.54) is 27.5 Å². The van der Waals surface area contributed by atoms with E-state index in [9.17, 15) is 4.79 Å². The molecule has 0 bridgehead atoms. The van der Waals surface area contributed by atoms with E-state index in [2.05, 4.69) is 25.5 Å². The molecule has 1 aromatic carbocycles. The predicted molar refractivity (Wildman–Crippen MR) is 85.0 cm³/mol. The second kappa shape index (κ2) is 7.10. The van der Waals surface area contributed by atoms with Gasteiger partial charge in [-0.2, -0.15) is 0 Å². The third-order valence-corrected chi connectivity index (χ3v) is 4.24.